The van der Waals surface area contributed by atoms with E-state index in [-0.39, 0.29) is 6.03 Å². The minimum absolute atomic E-state index is 0.240. The third-order valence-electron chi connectivity index (χ3n) is 4.04. The summed E-state index contributed by atoms with van der Waals surface area (Å²) in [5, 5.41) is 10.8. The number of thiazole rings is 1. The van der Waals surface area contributed by atoms with Gasteiger partial charge in [0.1, 0.15) is 5.01 Å². The van der Waals surface area contributed by atoms with Gasteiger partial charge in [-0.1, -0.05) is 66.7 Å². The molecular weight excluding hydrogens is 342 g/mol. The Kier molecular flexibility index (Phi) is 4.62. The standard InChI is InChI=1S/C21H17N3OS/c25-21(24-19-12-6-10-15-7-4-5-11-18(15)19)22-13-17-14-26-20(23-17)16-8-2-1-3-9-16/h1-12,14H,13H2,(H2,22,24,25). The third kappa shape index (κ3) is 3.58. The molecule has 4 nitrogen and oxygen atoms in total. The first kappa shape index (κ1) is 16.3. The number of fused-ring (bicyclic) bond motifs is 1. The predicted octanol–water partition coefficient (Wildman–Crippen LogP) is 5.29. The van der Waals surface area contributed by atoms with E-state index < -0.39 is 0 Å². The van der Waals surface area contributed by atoms with Crippen molar-refractivity contribution in [2.75, 3.05) is 5.32 Å². The highest BCUT2D eigenvalue weighted by Crippen LogP contribution is 2.24. The van der Waals surface area contributed by atoms with Crippen LogP contribution < -0.4 is 10.6 Å². The van der Waals surface area contributed by atoms with Crippen molar-refractivity contribution in [3.8, 4) is 10.6 Å². The molecule has 0 fully saturated rings. The van der Waals surface area contributed by atoms with Gasteiger partial charge in [0.2, 0.25) is 0 Å². The molecule has 0 saturated heterocycles. The van der Waals surface area contributed by atoms with Crippen molar-refractivity contribution in [2.24, 2.45) is 0 Å². The van der Waals surface area contributed by atoms with E-state index in [9.17, 15) is 4.79 Å². The largest absolute Gasteiger partial charge is 0.332 e. The highest BCUT2D eigenvalue weighted by molar-refractivity contribution is 7.13. The monoisotopic (exact) mass is 359 g/mol. The average Bonchev–Trinajstić information content (AvgIpc) is 3.17. The molecule has 1 heterocycles. The Morgan fingerprint density at radius 3 is 2.58 bits per heavy atom. The number of aromatic nitrogens is 1. The van der Waals surface area contributed by atoms with E-state index in [4.69, 9.17) is 0 Å². The normalized spacial score (nSPS) is 10.6. The third-order valence-corrected chi connectivity index (χ3v) is 4.98. The van der Waals surface area contributed by atoms with Crippen LogP contribution in [-0.2, 0) is 6.54 Å². The van der Waals surface area contributed by atoms with Crippen molar-refractivity contribution in [2.45, 2.75) is 6.54 Å². The number of anilines is 1. The lowest BCUT2D eigenvalue weighted by atomic mass is 10.1. The maximum Gasteiger partial charge on any atom is 0.319 e. The fourth-order valence-corrected chi connectivity index (χ4v) is 3.60. The van der Waals surface area contributed by atoms with Crippen LogP contribution >= 0.6 is 11.3 Å². The summed E-state index contributed by atoms with van der Waals surface area (Å²) < 4.78 is 0. The van der Waals surface area contributed by atoms with Gasteiger partial charge in [0, 0.05) is 16.3 Å². The van der Waals surface area contributed by atoms with E-state index in [0.717, 1.165) is 32.7 Å². The summed E-state index contributed by atoms with van der Waals surface area (Å²) in [7, 11) is 0. The minimum Gasteiger partial charge on any atom is -0.332 e. The maximum absolute atomic E-state index is 12.3. The van der Waals surface area contributed by atoms with E-state index >= 15 is 0 Å². The second kappa shape index (κ2) is 7.37. The summed E-state index contributed by atoms with van der Waals surface area (Å²) >= 11 is 1.58. The molecule has 1 aromatic heterocycles. The second-order valence-electron chi connectivity index (χ2n) is 5.84. The van der Waals surface area contributed by atoms with Gasteiger partial charge in [-0.3, -0.25) is 0 Å². The van der Waals surface area contributed by atoms with Gasteiger partial charge in [-0.2, -0.15) is 0 Å². The van der Waals surface area contributed by atoms with Gasteiger partial charge < -0.3 is 10.6 Å². The van der Waals surface area contributed by atoms with E-state index in [1.165, 1.54) is 0 Å². The summed E-state index contributed by atoms with van der Waals surface area (Å²) in [6, 6.07) is 23.6. The van der Waals surface area contributed by atoms with E-state index in [0.29, 0.717) is 6.54 Å². The van der Waals surface area contributed by atoms with Gasteiger partial charge >= 0.3 is 6.03 Å². The molecule has 0 aliphatic rings. The Bertz CT molecular complexity index is 1040. The molecule has 5 heteroatoms. The maximum atomic E-state index is 12.3. The van der Waals surface area contributed by atoms with Crippen LogP contribution in [0.4, 0.5) is 10.5 Å². The number of rotatable bonds is 4. The summed E-state index contributed by atoms with van der Waals surface area (Å²) in [5.74, 6) is 0. The minimum atomic E-state index is -0.240. The molecule has 0 saturated carbocycles. The Balaban J connectivity index is 1.41. The second-order valence-corrected chi connectivity index (χ2v) is 6.70. The topological polar surface area (TPSA) is 54.0 Å². The molecule has 0 spiro atoms. The van der Waals surface area contributed by atoms with Crippen LogP contribution in [0.15, 0.2) is 78.2 Å². The lowest BCUT2D eigenvalue weighted by Crippen LogP contribution is -2.28. The first-order valence-electron chi connectivity index (χ1n) is 8.32. The Morgan fingerprint density at radius 2 is 1.69 bits per heavy atom. The predicted molar refractivity (Wildman–Crippen MR) is 107 cm³/mol. The van der Waals surface area contributed by atoms with Gasteiger partial charge in [-0.05, 0) is 11.5 Å². The fraction of sp³-hybridized carbons (Fsp3) is 0.0476. The number of carbonyl (C=O) groups is 1. The molecule has 4 aromatic rings. The number of carbonyl (C=O) groups excluding carboxylic acids is 1. The number of benzene rings is 3. The zero-order valence-corrected chi connectivity index (χ0v) is 14.8. The Labute approximate surface area is 155 Å². The van der Waals surface area contributed by atoms with Crippen LogP contribution in [0.2, 0.25) is 0 Å². The van der Waals surface area contributed by atoms with Gasteiger partial charge in [0.25, 0.3) is 0 Å². The molecule has 0 bridgehead atoms. The quantitative estimate of drug-likeness (QED) is 0.520. The first-order valence-corrected chi connectivity index (χ1v) is 9.20. The summed E-state index contributed by atoms with van der Waals surface area (Å²) in [4.78, 5) is 16.8. The van der Waals surface area contributed by atoms with Gasteiger partial charge in [0.15, 0.2) is 0 Å². The number of hydrogen-bond acceptors (Lipinski definition) is 3. The summed E-state index contributed by atoms with van der Waals surface area (Å²) in [6.45, 7) is 0.389. The van der Waals surface area contributed by atoms with Crippen molar-refractivity contribution in [3.63, 3.8) is 0 Å². The smallest absolute Gasteiger partial charge is 0.319 e. The lowest BCUT2D eigenvalue weighted by Gasteiger charge is -2.09. The molecule has 4 rings (SSSR count). The van der Waals surface area contributed by atoms with Crippen molar-refractivity contribution < 1.29 is 4.79 Å². The van der Waals surface area contributed by atoms with Crippen molar-refractivity contribution in [1.82, 2.24) is 10.3 Å². The van der Waals surface area contributed by atoms with Crippen LogP contribution in [0.25, 0.3) is 21.3 Å². The Morgan fingerprint density at radius 1 is 0.923 bits per heavy atom. The molecule has 3 aromatic carbocycles. The van der Waals surface area contributed by atoms with E-state index in [1.807, 2.05) is 78.2 Å². The van der Waals surface area contributed by atoms with Gasteiger partial charge in [-0.15, -0.1) is 11.3 Å². The highest BCUT2D eigenvalue weighted by Gasteiger charge is 2.08. The molecule has 128 valence electrons. The fourth-order valence-electron chi connectivity index (χ4n) is 2.77. The molecule has 0 radical (unpaired) electrons. The number of urea groups is 1. The average molecular weight is 359 g/mol. The molecule has 26 heavy (non-hydrogen) atoms. The molecule has 0 unspecified atom stereocenters. The number of amides is 2. The van der Waals surface area contributed by atoms with Gasteiger partial charge in [-0.25, -0.2) is 9.78 Å². The van der Waals surface area contributed by atoms with Gasteiger partial charge in [0.05, 0.1) is 17.9 Å². The zero-order valence-electron chi connectivity index (χ0n) is 14.0. The van der Waals surface area contributed by atoms with Crippen molar-refractivity contribution in [1.29, 1.82) is 0 Å². The van der Waals surface area contributed by atoms with Crippen LogP contribution in [0.1, 0.15) is 5.69 Å². The van der Waals surface area contributed by atoms with Crippen LogP contribution in [0.5, 0.6) is 0 Å². The molecular formula is C21H17N3OS. The summed E-state index contributed by atoms with van der Waals surface area (Å²) in [6.07, 6.45) is 0. The molecule has 2 amide bonds. The first-order chi connectivity index (χ1) is 12.8. The van der Waals surface area contributed by atoms with Crippen LogP contribution in [0, 0.1) is 0 Å². The van der Waals surface area contributed by atoms with Crippen molar-refractivity contribution >= 4 is 33.8 Å². The van der Waals surface area contributed by atoms with Crippen LogP contribution in [0.3, 0.4) is 0 Å². The van der Waals surface area contributed by atoms with E-state index in [2.05, 4.69) is 15.6 Å². The zero-order chi connectivity index (χ0) is 17.8. The SMILES string of the molecule is O=C(NCc1csc(-c2ccccc2)n1)Nc1cccc2ccccc12. The van der Waals surface area contributed by atoms with Crippen molar-refractivity contribution in [3.05, 3.63) is 83.9 Å². The molecule has 0 aliphatic carbocycles. The lowest BCUT2D eigenvalue weighted by molar-refractivity contribution is 0.251. The molecule has 0 atom stereocenters. The van der Waals surface area contributed by atoms with Crippen LogP contribution in [-0.4, -0.2) is 11.0 Å². The molecule has 0 aliphatic heterocycles. The Hall–Kier alpha value is -3.18. The molecule has 2 N–H and O–H groups in total. The number of nitrogens with zero attached hydrogens (tertiary/aromatic N) is 1. The number of nitrogens with one attached hydrogen (secondary N) is 2. The summed E-state index contributed by atoms with van der Waals surface area (Å²) in [5.41, 5.74) is 2.73. The highest BCUT2D eigenvalue weighted by atomic mass is 32.1. The van der Waals surface area contributed by atoms with E-state index in [1.54, 1.807) is 11.3 Å². The number of hydrogen-bond donors (Lipinski definition) is 2.